The SMILES string of the molecule is CCCCCC1COC(c2ccc(-c3ccc(-c4ccc(CC)c(F)c4F)cc3)c(F)c2)OC1. The van der Waals surface area contributed by atoms with Crippen LogP contribution in [0.3, 0.4) is 0 Å². The van der Waals surface area contributed by atoms with E-state index in [9.17, 15) is 13.2 Å². The second-order valence-electron chi connectivity index (χ2n) is 8.93. The summed E-state index contributed by atoms with van der Waals surface area (Å²) in [6.45, 7) is 5.21. The molecule has 0 aromatic heterocycles. The summed E-state index contributed by atoms with van der Waals surface area (Å²) in [7, 11) is 0. The maximum Gasteiger partial charge on any atom is 0.183 e. The molecular formula is C29H31F3O2. The molecule has 0 bridgehead atoms. The normalized spacial score (nSPS) is 18.3. The number of benzene rings is 3. The molecule has 0 atom stereocenters. The van der Waals surface area contributed by atoms with E-state index in [2.05, 4.69) is 6.92 Å². The first-order valence-electron chi connectivity index (χ1n) is 12.1. The van der Waals surface area contributed by atoms with Crippen molar-refractivity contribution in [1.29, 1.82) is 0 Å². The first-order valence-corrected chi connectivity index (χ1v) is 12.1. The first kappa shape index (κ1) is 24.5. The van der Waals surface area contributed by atoms with Crippen LogP contribution in [-0.4, -0.2) is 13.2 Å². The molecule has 3 aromatic carbocycles. The van der Waals surface area contributed by atoms with Gasteiger partial charge in [-0.05, 0) is 35.6 Å². The van der Waals surface area contributed by atoms with Crippen LogP contribution >= 0.6 is 0 Å². The molecule has 0 spiro atoms. The first-order chi connectivity index (χ1) is 16.5. The van der Waals surface area contributed by atoms with Gasteiger partial charge in [0.05, 0.1) is 13.2 Å². The van der Waals surface area contributed by atoms with E-state index >= 15 is 0 Å². The zero-order valence-electron chi connectivity index (χ0n) is 19.8. The molecule has 0 N–H and O–H groups in total. The zero-order valence-corrected chi connectivity index (χ0v) is 19.8. The minimum atomic E-state index is -0.859. The third-order valence-electron chi connectivity index (χ3n) is 6.50. The molecule has 1 heterocycles. The molecule has 2 nitrogen and oxygen atoms in total. The fourth-order valence-electron chi connectivity index (χ4n) is 4.41. The molecule has 0 aliphatic carbocycles. The minimum absolute atomic E-state index is 0.191. The van der Waals surface area contributed by atoms with Gasteiger partial charge in [-0.1, -0.05) is 81.6 Å². The summed E-state index contributed by atoms with van der Waals surface area (Å²) < 4.78 is 55.4. The highest BCUT2D eigenvalue weighted by Crippen LogP contribution is 2.33. The van der Waals surface area contributed by atoms with Gasteiger partial charge in [-0.15, -0.1) is 0 Å². The monoisotopic (exact) mass is 468 g/mol. The second kappa shape index (κ2) is 11.2. The van der Waals surface area contributed by atoms with Crippen LogP contribution in [0.4, 0.5) is 13.2 Å². The zero-order chi connectivity index (χ0) is 24.1. The van der Waals surface area contributed by atoms with Crippen LogP contribution in [0.1, 0.15) is 56.9 Å². The Hall–Kier alpha value is -2.63. The average molecular weight is 469 g/mol. The molecule has 3 aromatic rings. The van der Waals surface area contributed by atoms with Gasteiger partial charge in [0.1, 0.15) is 5.82 Å². The molecule has 180 valence electrons. The number of hydrogen-bond donors (Lipinski definition) is 0. The van der Waals surface area contributed by atoms with E-state index in [-0.39, 0.29) is 11.4 Å². The van der Waals surface area contributed by atoms with E-state index in [0.717, 1.165) is 6.42 Å². The number of halogens is 3. The molecule has 0 unspecified atom stereocenters. The number of hydrogen-bond acceptors (Lipinski definition) is 2. The molecule has 1 fully saturated rings. The van der Waals surface area contributed by atoms with Crippen LogP contribution in [0.15, 0.2) is 54.6 Å². The molecular weight excluding hydrogens is 437 g/mol. The number of ether oxygens (including phenoxy) is 2. The molecule has 0 saturated carbocycles. The Balaban J connectivity index is 1.45. The fourth-order valence-corrected chi connectivity index (χ4v) is 4.41. The van der Waals surface area contributed by atoms with E-state index in [1.54, 1.807) is 49.4 Å². The third kappa shape index (κ3) is 5.37. The highest BCUT2D eigenvalue weighted by molar-refractivity contribution is 5.71. The van der Waals surface area contributed by atoms with Gasteiger partial charge < -0.3 is 9.47 Å². The topological polar surface area (TPSA) is 18.5 Å². The van der Waals surface area contributed by atoms with Crippen LogP contribution < -0.4 is 0 Å². The largest absolute Gasteiger partial charge is 0.348 e. The number of rotatable bonds is 8. The standard InChI is InChI=1S/C29H31F3O2/c1-3-5-6-7-19-17-33-29(34-18-19)23-13-14-24(26(30)16-23)21-8-10-22(11-9-21)25-15-12-20(4-2)27(31)28(25)32/h8-16,19,29H,3-7,17-18H2,1-2H3. The lowest BCUT2D eigenvalue weighted by molar-refractivity contribution is -0.206. The van der Waals surface area contributed by atoms with Crippen molar-refractivity contribution in [3.63, 3.8) is 0 Å². The van der Waals surface area contributed by atoms with Crippen LogP contribution in [0, 0.1) is 23.4 Å². The highest BCUT2D eigenvalue weighted by Gasteiger charge is 2.24. The summed E-state index contributed by atoms with van der Waals surface area (Å²) >= 11 is 0. The van der Waals surface area contributed by atoms with E-state index in [4.69, 9.17) is 9.47 Å². The lowest BCUT2D eigenvalue weighted by Gasteiger charge is -2.29. The molecule has 4 rings (SSSR count). The summed E-state index contributed by atoms with van der Waals surface area (Å²) in [5.41, 5.74) is 2.81. The van der Waals surface area contributed by atoms with Gasteiger partial charge in [0.15, 0.2) is 17.9 Å². The van der Waals surface area contributed by atoms with Crippen molar-refractivity contribution in [3.05, 3.63) is 83.2 Å². The maximum atomic E-state index is 15.0. The van der Waals surface area contributed by atoms with Crippen molar-refractivity contribution in [2.75, 3.05) is 13.2 Å². The van der Waals surface area contributed by atoms with Crippen molar-refractivity contribution in [2.24, 2.45) is 5.92 Å². The van der Waals surface area contributed by atoms with E-state index in [1.165, 1.54) is 25.3 Å². The van der Waals surface area contributed by atoms with Gasteiger partial charge in [0.2, 0.25) is 0 Å². The highest BCUT2D eigenvalue weighted by atomic mass is 19.2. The predicted octanol–water partition coefficient (Wildman–Crippen LogP) is 8.24. The van der Waals surface area contributed by atoms with Crippen LogP contribution in [0.2, 0.25) is 0 Å². The summed E-state index contributed by atoms with van der Waals surface area (Å²) in [4.78, 5) is 0. The summed E-state index contributed by atoms with van der Waals surface area (Å²) in [5.74, 6) is -1.66. The number of unbranched alkanes of at least 4 members (excludes halogenated alkanes) is 2. The van der Waals surface area contributed by atoms with E-state index < -0.39 is 17.9 Å². The quantitative estimate of drug-likeness (QED) is 0.310. The Labute approximate surface area is 199 Å². The van der Waals surface area contributed by atoms with Crippen LogP contribution in [0.25, 0.3) is 22.3 Å². The minimum Gasteiger partial charge on any atom is -0.348 e. The second-order valence-corrected chi connectivity index (χ2v) is 8.93. The Bertz CT molecular complexity index is 1100. The lowest BCUT2D eigenvalue weighted by Crippen LogP contribution is -2.27. The van der Waals surface area contributed by atoms with Gasteiger partial charge in [-0.2, -0.15) is 0 Å². The summed E-state index contributed by atoms with van der Waals surface area (Å²) in [6.07, 6.45) is 4.53. The average Bonchev–Trinajstić information content (AvgIpc) is 2.86. The van der Waals surface area contributed by atoms with Crippen LogP contribution in [0.5, 0.6) is 0 Å². The van der Waals surface area contributed by atoms with Gasteiger partial charge in [0, 0.05) is 22.6 Å². The Morgan fingerprint density at radius 3 is 2.03 bits per heavy atom. The Kier molecular flexibility index (Phi) is 8.07. The van der Waals surface area contributed by atoms with E-state index in [1.807, 2.05) is 6.07 Å². The van der Waals surface area contributed by atoms with Crippen LogP contribution in [-0.2, 0) is 15.9 Å². The van der Waals surface area contributed by atoms with Gasteiger partial charge in [-0.25, -0.2) is 13.2 Å². The van der Waals surface area contributed by atoms with Gasteiger partial charge in [0.25, 0.3) is 0 Å². The van der Waals surface area contributed by atoms with Gasteiger partial charge >= 0.3 is 0 Å². The van der Waals surface area contributed by atoms with Crippen molar-refractivity contribution in [2.45, 2.75) is 52.2 Å². The van der Waals surface area contributed by atoms with Gasteiger partial charge in [-0.3, -0.25) is 0 Å². The van der Waals surface area contributed by atoms with Crippen molar-refractivity contribution in [1.82, 2.24) is 0 Å². The number of aryl methyl sites for hydroxylation is 1. The molecule has 1 aliphatic rings. The Morgan fingerprint density at radius 1 is 0.765 bits per heavy atom. The smallest absolute Gasteiger partial charge is 0.183 e. The Morgan fingerprint density at radius 2 is 1.41 bits per heavy atom. The maximum absolute atomic E-state index is 15.0. The molecule has 1 aliphatic heterocycles. The van der Waals surface area contributed by atoms with Crippen molar-refractivity contribution < 1.29 is 22.6 Å². The molecule has 1 saturated heterocycles. The summed E-state index contributed by atoms with van der Waals surface area (Å²) in [6, 6.07) is 14.9. The van der Waals surface area contributed by atoms with Crippen molar-refractivity contribution in [3.8, 4) is 22.3 Å². The molecule has 0 radical (unpaired) electrons. The molecule has 0 amide bonds. The molecule has 34 heavy (non-hydrogen) atoms. The third-order valence-corrected chi connectivity index (χ3v) is 6.50. The molecule has 5 heteroatoms. The lowest BCUT2D eigenvalue weighted by atomic mass is 9.97. The summed E-state index contributed by atoms with van der Waals surface area (Å²) in [5, 5.41) is 0. The van der Waals surface area contributed by atoms with E-state index in [0.29, 0.717) is 53.4 Å². The predicted molar refractivity (Wildman–Crippen MR) is 129 cm³/mol. The van der Waals surface area contributed by atoms with Crippen molar-refractivity contribution >= 4 is 0 Å². The fraction of sp³-hybridized carbons (Fsp3) is 0.379.